The number of aromatic nitrogens is 4. The molecule has 2 aromatic heterocycles. The Morgan fingerprint density at radius 2 is 1.28 bits per heavy atom. The van der Waals surface area contributed by atoms with Gasteiger partial charge in [-0.25, -0.2) is 19.6 Å². The number of imidazole rings is 2. The van der Waals surface area contributed by atoms with Crippen molar-refractivity contribution in [3.05, 3.63) is 121 Å². The zero-order chi connectivity index (χ0) is 40.1. The lowest BCUT2D eigenvalue weighted by Crippen LogP contribution is -2.51. The highest BCUT2D eigenvalue weighted by molar-refractivity contribution is 5.88. The molecule has 1 saturated heterocycles. The number of benzene rings is 3. The molecule has 0 bridgehead atoms. The minimum atomic E-state index is -0.883. The molecular weight excluding hydrogens is 725 g/mol. The van der Waals surface area contributed by atoms with Gasteiger partial charge < -0.3 is 39.9 Å². The number of hydrogen-bond donors (Lipinski definition) is 4. The van der Waals surface area contributed by atoms with Crippen LogP contribution in [0.15, 0.2) is 103 Å². The summed E-state index contributed by atoms with van der Waals surface area (Å²) in [5.41, 5.74) is 6.32. The lowest BCUT2D eigenvalue weighted by Gasteiger charge is -2.29. The third-order valence-corrected chi connectivity index (χ3v) is 10.5. The maximum absolute atomic E-state index is 13.9. The summed E-state index contributed by atoms with van der Waals surface area (Å²) in [6, 6.07) is 23.3. The summed E-state index contributed by atoms with van der Waals surface area (Å²) in [6.07, 6.45) is 7.66. The first-order valence-corrected chi connectivity index (χ1v) is 19.0. The summed E-state index contributed by atoms with van der Waals surface area (Å²) in [7, 11) is 2.55. The lowest BCUT2D eigenvalue weighted by molar-refractivity contribution is -0.135. The first-order valence-electron chi connectivity index (χ1n) is 19.0. The minimum Gasteiger partial charge on any atom is -0.453 e. The number of H-pyrrole nitrogens is 2. The van der Waals surface area contributed by atoms with Gasteiger partial charge in [0.2, 0.25) is 5.91 Å². The fraction of sp³-hybridized carbons (Fsp3) is 0.302. The molecule has 4 heterocycles. The number of nitrogens with one attached hydrogen (secondary N) is 4. The van der Waals surface area contributed by atoms with E-state index in [0.29, 0.717) is 30.3 Å². The molecule has 14 nitrogen and oxygen atoms in total. The number of ether oxygens (including phenoxy) is 2. The van der Waals surface area contributed by atoms with Gasteiger partial charge in [0, 0.05) is 13.1 Å². The summed E-state index contributed by atoms with van der Waals surface area (Å²) < 4.78 is 9.56. The topological polar surface area (TPSA) is 175 Å². The second kappa shape index (κ2) is 17.0. The lowest BCUT2D eigenvalue weighted by atomic mass is 10.0. The third kappa shape index (κ3) is 8.30. The molecule has 57 heavy (non-hydrogen) atoms. The van der Waals surface area contributed by atoms with E-state index >= 15 is 0 Å². The van der Waals surface area contributed by atoms with Crippen LogP contribution in [-0.2, 0) is 19.1 Å². The molecule has 14 heteroatoms. The van der Waals surface area contributed by atoms with E-state index in [-0.39, 0.29) is 23.8 Å². The van der Waals surface area contributed by atoms with Gasteiger partial charge in [-0.15, -0.1) is 0 Å². The summed E-state index contributed by atoms with van der Waals surface area (Å²) in [5.74, 6) is 0.770. The van der Waals surface area contributed by atoms with Crippen LogP contribution in [0.3, 0.4) is 0 Å². The molecule has 2 aliphatic rings. The molecule has 0 spiro atoms. The Hall–Kier alpha value is -6.70. The van der Waals surface area contributed by atoms with Crippen LogP contribution in [-0.4, -0.2) is 87.1 Å². The summed E-state index contributed by atoms with van der Waals surface area (Å²) in [4.78, 5) is 71.1. The van der Waals surface area contributed by atoms with Crippen molar-refractivity contribution >= 4 is 24.0 Å². The van der Waals surface area contributed by atoms with Gasteiger partial charge in [0.05, 0.1) is 44.0 Å². The normalized spacial score (nSPS) is 17.4. The van der Waals surface area contributed by atoms with Crippen molar-refractivity contribution < 1.29 is 28.7 Å². The van der Waals surface area contributed by atoms with Gasteiger partial charge in [-0.2, -0.15) is 0 Å². The SMILES string of the molecule is COC(=O)NC(C(=O)N1CCCC1c1ncc(-c2ccc(-c3ccc(-c4cnc(C5C=CCN5C(=O)[C@@H](NC(=O)OC)C(C)C)[nH]4)cc3)cc2)[nH]1)c1ccccc1. The molecule has 0 saturated carbocycles. The van der Waals surface area contributed by atoms with Crippen LogP contribution in [0.5, 0.6) is 0 Å². The number of carbonyl (C=O) groups is 4. The molecule has 7 rings (SSSR count). The van der Waals surface area contributed by atoms with Crippen molar-refractivity contribution in [2.75, 3.05) is 27.3 Å². The molecule has 4 N–H and O–H groups in total. The fourth-order valence-electron chi connectivity index (χ4n) is 7.43. The molecule has 294 valence electrons. The van der Waals surface area contributed by atoms with Crippen molar-refractivity contribution in [3.8, 4) is 33.6 Å². The molecule has 1 fully saturated rings. The molecule has 0 aliphatic carbocycles. The van der Waals surface area contributed by atoms with Gasteiger partial charge >= 0.3 is 12.2 Å². The second-order valence-electron chi connectivity index (χ2n) is 14.4. The van der Waals surface area contributed by atoms with Crippen molar-refractivity contribution in [1.29, 1.82) is 0 Å². The number of hydrogen-bond acceptors (Lipinski definition) is 8. The number of nitrogens with zero attached hydrogens (tertiary/aromatic N) is 4. The fourth-order valence-corrected chi connectivity index (χ4v) is 7.43. The summed E-state index contributed by atoms with van der Waals surface area (Å²) in [6.45, 7) is 4.72. The number of likely N-dealkylation sites (tertiary alicyclic amines) is 1. The van der Waals surface area contributed by atoms with Crippen LogP contribution in [0, 0.1) is 5.92 Å². The molecule has 5 aromatic rings. The van der Waals surface area contributed by atoms with Crippen LogP contribution in [0.4, 0.5) is 9.59 Å². The van der Waals surface area contributed by atoms with E-state index in [9.17, 15) is 19.2 Å². The highest BCUT2D eigenvalue weighted by atomic mass is 16.5. The van der Waals surface area contributed by atoms with Gasteiger partial charge in [0.1, 0.15) is 29.8 Å². The van der Waals surface area contributed by atoms with Crippen molar-refractivity contribution in [1.82, 2.24) is 40.4 Å². The molecular formula is C43H46N8O6. The van der Waals surface area contributed by atoms with E-state index in [1.54, 1.807) is 22.2 Å². The number of aromatic amines is 2. The Bertz CT molecular complexity index is 2230. The number of methoxy groups -OCH3 is 2. The molecule has 4 atom stereocenters. The Labute approximate surface area is 330 Å². The minimum absolute atomic E-state index is 0.135. The zero-order valence-electron chi connectivity index (χ0n) is 32.3. The van der Waals surface area contributed by atoms with E-state index in [2.05, 4.69) is 49.9 Å². The van der Waals surface area contributed by atoms with E-state index in [0.717, 1.165) is 46.5 Å². The van der Waals surface area contributed by atoms with Crippen LogP contribution < -0.4 is 10.6 Å². The maximum Gasteiger partial charge on any atom is 0.407 e. The van der Waals surface area contributed by atoms with Gasteiger partial charge in [-0.05, 0) is 46.6 Å². The molecule has 0 radical (unpaired) electrons. The van der Waals surface area contributed by atoms with Crippen LogP contribution in [0.25, 0.3) is 33.6 Å². The predicted molar refractivity (Wildman–Crippen MR) is 213 cm³/mol. The summed E-state index contributed by atoms with van der Waals surface area (Å²) in [5, 5.41) is 5.37. The number of carbonyl (C=O) groups excluding carboxylic acids is 4. The number of rotatable bonds is 11. The molecule has 2 aliphatic heterocycles. The highest BCUT2D eigenvalue weighted by Crippen LogP contribution is 2.35. The monoisotopic (exact) mass is 770 g/mol. The number of alkyl carbamates (subject to hydrolysis) is 2. The average Bonchev–Trinajstić information content (AvgIpc) is 4.09. The second-order valence-corrected chi connectivity index (χ2v) is 14.4. The largest absolute Gasteiger partial charge is 0.453 e. The number of amides is 4. The molecule has 3 aromatic carbocycles. The van der Waals surface area contributed by atoms with E-state index < -0.39 is 30.3 Å². The zero-order valence-corrected chi connectivity index (χ0v) is 32.3. The molecule has 3 unspecified atom stereocenters. The summed E-state index contributed by atoms with van der Waals surface area (Å²) >= 11 is 0. The van der Waals surface area contributed by atoms with Crippen molar-refractivity contribution in [2.24, 2.45) is 5.92 Å². The first-order chi connectivity index (χ1) is 27.6. The Morgan fingerprint density at radius 1 is 0.719 bits per heavy atom. The third-order valence-electron chi connectivity index (χ3n) is 10.5. The van der Waals surface area contributed by atoms with Crippen molar-refractivity contribution in [3.63, 3.8) is 0 Å². The Kier molecular flexibility index (Phi) is 11.5. The van der Waals surface area contributed by atoms with E-state index in [1.807, 2.05) is 80.6 Å². The molecule has 4 amide bonds. The van der Waals surface area contributed by atoms with Crippen LogP contribution in [0.1, 0.15) is 62.0 Å². The van der Waals surface area contributed by atoms with E-state index in [1.165, 1.54) is 14.2 Å². The Balaban J connectivity index is 1.01. The van der Waals surface area contributed by atoms with Crippen LogP contribution in [0.2, 0.25) is 0 Å². The van der Waals surface area contributed by atoms with Crippen LogP contribution >= 0.6 is 0 Å². The highest BCUT2D eigenvalue weighted by Gasteiger charge is 2.38. The quantitative estimate of drug-likeness (QED) is 0.107. The van der Waals surface area contributed by atoms with E-state index in [4.69, 9.17) is 14.5 Å². The van der Waals surface area contributed by atoms with Gasteiger partial charge in [-0.3, -0.25) is 9.59 Å². The van der Waals surface area contributed by atoms with Gasteiger partial charge in [0.15, 0.2) is 0 Å². The van der Waals surface area contributed by atoms with Gasteiger partial charge in [-0.1, -0.05) is 105 Å². The predicted octanol–water partition coefficient (Wildman–Crippen LogP) is 6.71. The standard InChI is InChI=1S/C43H46N8O6/c1-26(2)36(48-42(54)56-3)40(52)50-22-8-12-34(50)38-44-24-32(46-38)29-18-14-27(15-19-29)28-16-20-30(21-17-28)33-25-45-39(47-33)35-13-9-23-51(35)41(53)37(49-43(55)57-4)31-10-6-5-7-11-31/h5-8,10-12,14-21,24-26,34-37H,9,13,22-23H2,1-4H3,(H,44,46)(H,45,47)(H,48,54)(H,49,55)/t34?,35?,36-,37?/m0/s1. The first kappa shape index (κ1) is 38.6. The average molecular weight is 771 g/mol. The smallest absolute Gasteiger partial charge is 0.407 e. The Morgan fingerprint density at radius 3 is 1.88 bits per heavy atom. The maximum atomic E-state index is 13.9. The van der Waals surface area contributed by atoms with Crippen molar-refractivity contribution in [2.45, 2.75) is 50.9 Å². The van der Waals surface area contributed by atoms with Gasteiger partial charge in [0.25, 0.3) is 5.91 Å².